The van der Waals surface area contributed by atoms with Crippen molar-refractivity contribution >= 4 is 19.2 Å². The second kappa shape index (κ2) is 4.51. The van der Waals surface area contributed by atoms with Gasteiger partial charge in [0.25, 0.3) is 0 Å². The Morgan fingerprint density at radius 2 is 1.75 bits per heavy atom. The van der Waals surface area contributed by atoms with Crippen molar-refractivity contribution in [1.82, 2.24) is 0 Å². The molecule has 0 amide bonds. The average Bonchev–Trinajstić information content (AvgIpc) is 2.15. The second-order valence-electron chi connectivity index (χ2n) is 3.46. The highest BCUT2D eigenvalue weighted by atomic mass is 19.4. The summed E-state index contributed by atoms with van der Waals surface area (Å²) in [6.07, 6.45) is -4.45. The molecule has 0 radical (unpaired) electrons. The SMILES string of the molecule is BC(=N)CC(=O)c1ccc(C(F)(F)F)cc1. The third-order valence-electron chi connectivity index (χ3n) is 1.96. The van der Waals surface area contributed by atoms with Gasteiger partial charge in [-0.3, -0.25) is 4.79 Å². The zero-order chi connectivity index (χ0) is 12.3. The van der Waals surface area contributed by atoms with Crippen LogP contribution in [0.25, 0.3) is 0 Å². The van der Waals surface area contributed by atoms with E-state index < -0.39 is 11.7 Å². The van der Waals surface area contributed by atoms with Gasteiger partial charge in [0.1, 0.15) is 0 Å². The molecule has 0 saturated heterocycles. The number of hydrogen-bond donors (Lipinski definition) is 1. The average molecular weight is 227 g/mol. The molecule has 0 aromatic heterocycles. The molecule has 1 aromatic carbocycles. The van der Waals surface area contributed by atoms with E-state index in [2.05, 4.69) is 0 Å². The molecular weight excluding hydrogens is 218 g/mol. The summed E-state index contributed by atoms with van der Waals surface area (Å²) in [5.41, 5.74) is -0.403. The first-order chi connectivity index (χ1) is 7.30. The standard InChI is InChI=1S/C10H9BF3NO/c11-9(15)5-8(16)6-1-3-7(4-2-6)10(12,13)14/h1-4,15H,5,11H2. The van der Waals surface area contributed by atoms with Crippen LogP contribution in [0.3, 0.4) is 0 Å². The molecule has 0 aliphatic carbocycles. The van der Waals surface area contributed by atoms with Crippen molar-refractivity contribution in [3.8, 4) is 0 Å². The van der Waals surface area contributed by atoms with E-state index in [4.69, 9.17) is 5.41 Å². The maximum absolute atomic E-state index is 12.2. The number of Topliss-reactive ketones (excluding diaryl/α,β-unsaturated/α-hetero) is 1. The van der Waals surface area contributed by atoms with Crippen LogP contribution < -0.4 is 0 Å². The lowest BCUT2D eigenvalue weighted by Gasteiger charge is -2.06. The van der Waals surface area contributed by atoms with Gasteiger partial charge in [-0.1, -0.05) is 12.1 Å². The van der Waals surface area contributed by atoms with Crippen molar-refractivity contribution in [2.75, 3.05) is 0 Å². The van der Waals surface area contributed by atoms with Crippen LogP contribution in [-0.2, 0) is 6.18 Å². The minimum Gasteiger partial charge on any atom is -0.320 e. The number of alkyl halides is 3. The Bertz CT molecular complexity index is 411. The number of hydrogen-bond acceptors (Lipinski definition) is 2. The Morgan fingerprint density at radius 3 is 2.12 bits per heavy atom. The maximum atomic E-state index is 12.2. The van der Waals surface area contributed by atoms with Gasteiger partial charge < -0.3 is 5.41 Å². The second-order valence-corrected chi connectivity index (χ2v) is 3.46. The molecular formula is C10H9BF3NO. The topological polar surface area (TPSA) is 40.9 Å². The van der Waals surface area contributed by atoms with Gasteiger partial charge in [0.2, 0.25) is 0 Å². The Morgan fingerprint density at radius 1 is 1.25 bits per heavy atom. The van der Waals surface area contributed by atoms with E-state index in [1.807, 2.05) is 0 Å². The fourth-order valence-corrected chi connectivity index (χ4v) is 1.19. The third-order valence-corrected chi connectivity index (χ3v) is 1.96. The van der Waals surface area contributed by atoms with Gasteiger partial charge in [0.05, 0.1) is 5.56 Å². The van der Waals surface area contributed by atoms with Crippen LogP contribution in [-0.4, -0.2) is 19.2 Å². The van der Waals surface area contributed by atoms with Gasteiger partial charge in [-0.2, -0.15) is 13.2 Å². The van der Waals surface area contributed by atoms with Gasteiger partial charge in [0, 0.05) is 12.0 Å². The zero-order valence-corrected chi connectivity index (χ0v) is 8.56. The molecule has 0 aliphatic rings. The third kappa shape index (κ3) is 3.22. The molecule has 1 aromatic rings. The van der Waals surface area contributed by atoms with E-state index in [-0.39, 0.29) is 23.4 Å². The molecule has 16 heavy (non-hydrogen) atoms. The van der Waals surface area contributed by atoms with Gasteiger partial charge in [0.15, 0.2) is 13.6 Å². The van der Waals surface area contributed by atoms with E-state index in [0.717, 1.165) is 24.3 Å². The van der Waals surface area contributed by atoms with Gasteiger partial charge in [-0.05, 0) is 17.7 Å². The minimum absolute atomic E-state index is 0.0641. The minimum atomic E-state index is -4.39. The molecule has 1 rings (SSSR count). The lowest BCUT2D eigenvalue weighted by molar-refractivity contribution is -0.137. The van der Waals surface area contributed by atoms with Crippen LogP contribution in [0.4, 0.5) is 13.2 Å². The van der Waals surface area contributed by atoms with E-state index in [0.29, 0.717) is 0 Å². The highest BCUT2D eigenvalue weighted by molar-refractivity contribution is 6.60. The summed E-state index contributed by atoms with van der Waals surface area (Å²) >= 11 is 0. The fraction of sp³-hybridized carbons (Fsp3) is 0.200. The lowest BCUT2D eigenvalue weighted by Crippen LogP contribution is -2.09. The molecule has 0 fully saturated rings. The Labute approximate surface area is 91.4 Å². The van der Waals surface area contributed by atoms with Gasteiger partial charge in [-0.15, -0.1) is 0 Å². The molecule has 0 atom stereocenters. The molecule has 2 nitrogen and oxygen atoms in total. The van der Waals surface area contributed by atoms with Gasteiger partial charge >= 0.3 is 6.18 Å². The zero-order valence-electron chi connectivity index (χ0n) is 8.56. The maximum Gasteiger partial charge on any atom is 0.416 e. The van der Waals surface area contributed by atoms with Crippen molar-refractivity contribution in [2.24, 2.45) is 0 Å². The smallest absolute Gasteiger partial charge is 0.320 e. The van der Waals surface area contributed by atoms with Crippen LogP contribution in [0.5, 0.6) is 0 Å². The fourth-order valence-electron chi connectivity index (χ4n) is 1.19. The highest BCUT2D eigenvalue weighted by Crippen LogP contribution is 2.29. The molecule has 0 aliphatic heterocycles. The summed E-state index contributed by atoms with van der Waals surface area (Å²) in [7, 11) is 1.47. The van der Waals surface area contributed by atoms with Crippen molar-refractivity contribution in [1.29, 1.82) is 5.41 Å². The van der Waals surface area contributed by atoms with Crippen LogP contribution in [0.15, 0.2) is 24.3 Å². The number of carbonyl (C=O) groups is 1. The molecule has 0 unspecified atom stereocenters. The van der Waals surface area contributed by atoms with Gasteiger partial charge in [-0.25, -0.2) is 0 Å². The predicted octanol–water partition coefficient (Wildman–Crippen LogP) is 1.89. The van der Waals surface area contributed by atoms with E-state index in [1.54, 1.807) is 0 Å². The Balaban J connectivity index is 2.87. The van der Waals surface area contributed by atoms with Crippen molar-refractivity contribution in [3.05, 3.63) is 35.4 Å². The van der Waals surface area contributed by atoms with E-state index in [1.165, 1.54) is 7.85 Å². The summed E-state index contributed by atoms with van der Waals surface area (Å²) in [5, 5.41) is 7.11. The summed E-state index contributed by atoms with van der Waals surface area (Å²) in [6, 6.07) is 4.00. The van der Waals surface area contributed by atoms with Crippen LogP contribution in [0.1, 0.15) is 22.3 Å². The van der Waals surface area contributed by atoms with Crippen molar-refractivity contribution in [3.63, 3.8) is 0 Å². The highest BCUT2D eigenvalue weighted by Gasteiger charge is 2.30. The van der Waals surface area contributed by atoms with E-state index >= 15 is 0 Å². The molecule has 1 N–H and O–H groups in total. The first-order valence-electron chi connectivity index (χ1n) is 4.55. The number of ketones is 1. The summed E-state index contributed by atoms with van der Waals surface area (Å²) in [5.74, 6) is -0.346. The summed E-state index contributed by atoms with van der Waals surface area (Å²) in [4.78, 5) is 11.4. The number of nitrogens with one attached hydrogen (secondary N) is 1. The number of benzene rings is 1. The lowest BCUT2D eigenvalue weighted by atomic mass is 9.93. The van der Waals surface area contributed by atoms with Crippen molar-refractivity contribution in [2.45, 2.75) is 12.6 Å². The Hall–Kier alpha value is -1.59. The molecule has 0 saturated carbocycles. The molecule has 0 spiro atoms. The summed E-state index contributed by atoms with van der Waals surface area (Å²) < 4.78 is 36.6. The first-order valence-corrected chi connectivity index (χ1v) is 4.55. The quantitative estimate of drug-likeness (QED) is 0.478. The number of halogens is 3. The van der Waals surface area contributed by atoms with Crippen LogP contribution in [0.2, 0.25) is 0 Å². The molecule has 6 heteroatoms. The molecule has 0 heterocycles. The number of rotatable bonds is 3. The Kier molecular flexibility index (Phi) is 3.52. The molecule has 0 bridgehead atoms. The van der Waals surface area contributed by atoms with Crippen LogP contribution in [0, 0.1) is 5.41 Å². The monoisotopic (exact) mass is 227 g/mol. The normalized spacial score (nSPS) is 11.2. The largest absolute Gasteiger partial charge is 0.416 e. The number of carbonyl (C=O) groups excluding carboxylic acids is 1. The van der Waals surface area contributed by atoms with E-state index in [9.17, 15) is 18.0 Å². The predicted molar refractivity (Wildman–Crippen MR) is 56.7 cm³/mol. The first kappa shape index (κ1) is 12.5. The molecule has 84 valence electrons. The van der Waals surface area contributed by atoms with Crippen LogP contribution >= 0.6 is 0 Å². The van der Waals surface area contributed by atoms with Crippen molar-refractivity contribution < 1.29 is 18.0 Å². The summed E-state index contributed by atoms with van der Waals surface area (Å²) in [6.45, 7) is 0.